The molecule has 0 aromatic carbocycles. The first kappa shape index (κ1) is 39.8. The Bertz CT molecular complexity index is 1000. The Hall–Kier alpha value is -3.18. The predicted molar refractivity (Wildman–Crippen MR) is 173 cm³/mol. The van der Waals surface area contributed by atoms with Gasteiger partial charge in [-0.25, -0.2) is 4.79 Å². The number of hydrogen-bond acceptors (Lipinski definition) is 7. The molecule has 1 rings (SSSR count). The van der Waals surface area contributed by atoms with Crippen LogP contribution in [0.4, 0.5) is 0 Å². The van der Waals surface area contributed by atoms with Crippen LogP contribution in [0.2, 0.25) is 0 Å². The van der Waals surface area contributed by atoms with E-state index in [9.17, 15) is 28.8 Å². The maximum atomic E-state index is 13.3. The van der Waals surface area contributed by atoms with E-state index in [0.29, 0.717) is 6.42 Å². The summed E-state index contributed by atoms with van der Waals surface area (Å²) in [5.41, 5.74) is 0. The SMILES string of the molecule is CCCCCCC[C@H](C)[C@H](C)[C@H]1OC(=O)[C@@H](C)NC(=O)CNC(=O)[C@H](CC(C)C)NC(=O)[C@H](C(C)C)NC(=O)CNC(=O)[C@@H]1C. The van der Waals surface area contributed by atoms with Crippen LogP contribution in [0.1, 0.15) is 107 Å². The molecule has 12 nitrogen and oxygen atoms in total. The molecule has 12 heteroatoms. The zero-order valence-corrected chi connectivity index (χ0v) is 28.9. The number of unbranched alkanes of at least 4 members (excludes halogenated alkanes) is 4. The zero-order valence-electron chi connectivity index (χ0n) is 28.9. The molecule has 7 atom stereocenters. The molecule has 0 aliphatic carbocycles. The van der Waals surface area contributed by atoms with E-state index < -0.39 is 72.2 Å². The van der Waals surface area contributed by atoms with E-state index in [4.69, 9.17) is 4.74 Å². The molecule has 0 spiro atoms. The molecule has 0 radical (unpaired) electrons. The van der Waals surface area contributed by atoms with Crippen LogP contribution < -0.4 is 26.6 Å². The first-order chi connectivity index (χ1) is 21.1. The van der Waals surface area contributed by atoms with Crippen LogP contribution in [-0.2, 0) is 33.5 Å². The maximum absolute atomic E-state index is 13.3. The largest absolute Gasteiger partial charge is 0.460 e. The van der Waals surface area contributed by atoms with Gasteiger partial charge in [-0.2, -0.15) is 0 Å². The normalized spacial score (nSPS) is 26.3. The Morgan fingerprint density at radius 1 is 0.733 bits per heavy atom. The fraction of sp³-hybridized carbons (Fsp3) is 0.818. The second-order valence-corrected chi connectivity index (χ2v) is 13.4. The van der Waals surface area contributed by atoms with Gasteiger partial charge in [0.25, 0.3) is 0 Å². The van der Waals surface area contributed by atoms with Crippen LogP contribution in [0.15, 0.2) is 0 Å². The van der Waals surface area contributed by atoms with E-state index in [1.165, 1.54) is 13.3 Å². The van der Waals surface area contributed by atoms with Gasteiger partial charge in [-0.05, 0) is 37.0 Å². The zero-order chi connectivity index (χ0) is 34.3. The molecule has 1 aliphatic rings. The van der Waals surface area contributed by atoms with Crippen LogP contribution >= 0.6 is 0 Å². The summed E-state index contributed by atoms with van der Waals surface area (Å²) in [4.78, 5) is 78.3. The monoisotopic (exact) mass is 637 g/mol. The summed E-state index contributed by atoms with van der Waals surface area (Å²) in [6, 6.07) is -2.97. The molecular formula is C33H59N5O7. The van der Waals surface area contributed by atoms with Gasteiger partial charge in [0, 0.05) is 0 Å². The number of amides is 5. The van der Waals surface area contributed by atoms with E-state index in [1.807, 2.05) is 20.8 Å². The number of carbonyl (C=O) groups is 6. The lowest BCUT2D eigenvalue weighted by atomic mass is 9.81. The van der Waals surface area contributed by atoms with Crippen molar-refractivity contribution in [3.8, 4) is 0 Å². The molecule has 1 aliphatic heterocycles. The van der Waals surface area contributed by atoms with Gasteiger partial charge >= 0.3 is 5.97 Å². The van der Waals surface area contributed by atoms with Crippen molar-refractivity contribution in [1.82, 2.24) is 26.6 Å². The van der Waals surface area contributed by atoms with E-state index in [0.717, 1.165) is 32.1 Å². The molecule has 258 valence electrons. The highest BCUT2D eigenvalue weighted by atomic mass is 16.5. The Balaban J connectivity index is 3.28. The smallest absolute Gasteiger partial charge is 0.328 e. The lowest BCUT2D eigenvalue weighted by Crippen LogP contribution is -2.57. The molecule has 0 bridgehead atoms. The highest BCUT2D eigenvalue weighted by Crippen LogP contribution is 2.28. The molecule has 0 unspecified atom stereocenters. The predicted octanol–water partition coefficient (Wildman–Crippen LogP) is 2.59. The highest BCUT2D eigenvalue weighted by molar-refractivity contribution is 5.95. The van der Waals surface area contributed by atoms with Crippen molar-refractivity contribution >= 4 is 35.5 Å². The second kappa shape index (κ2) is 20.0. The number of hydrogen-bond donors (Lipinski definition) is 5. The molecule has 1 fully saturated rings. The van der Waals surface area contributed by atoms with Crippen molar-refractivity contribution in [2.24, 2.45) is 29.6 Å². The molecule has 5 N–H and O–H groups in total. The van der Waals surface area contributed by atoms with Gasteiger partial charge in [-0.3, -0.25) is 24.0 Å². The van der Waals surface area contributed by atoms with Crippen molar-refractivity contribution < 1.29 is 33.5 Å². The van der Waals surface area contributed by atoms with Gasteiger partial charge in [0.05, 0.1) is 19.0 Å². The average molecular weight is 638 g/mol. The molecule has 0 aromatic rings. The van der Waals surface area contributed by atoms with Gasteiger partial charge in [-0.1, -0.05) is 93.9 Å². The quantitative estimate of drug-likeness (QED) is 0.171. The summed E-state index contributed by atoms with van der Waals surface area (Å²) in [5, 5.41) is 13.1. The standard InChI is InChI=1S/C33H59N5O7/c1-10-11-12-13-14-15-21(6)22(7)29-23(8)30(41)34-18-27(40)38-28(20(4)5)32(43)37-25(16-19(2)3)31(42)35-17-26(39)36-24(9)33(44)45-29/h19-25,28-29H,10-18H2,1-9H3,(H,34,41)(H,35,42)(H,36,39)(H,37,43)(H,38,40)/t21-,22-,23+,24+,25-,28-,29+/m0/s1. The first-order valence-corrected chi connectivity index (χ1v) is 16.7. The highest BCUT2D eigenvalue weighted by Gasteiger charge is 2.36. The summed E-state index contributed by atoms with van der Waals surface area (Å²) in [5.74, 6) is -4.62. The lowest BCUT2D eigenvalue weighted by molar-refractivity contribution is -0.161. The fourth-order valence-electron chi connectivity index (χ4n) is 5.40. The van der Waals surface area contributed by atoms with E-state index in [1.54, 1.807) is 20.8 Å². The molecule has 0 aromatic heterocycles. The summed E-state index contributed by atoms with van der Waals surface area (Å²) in [6.45, 7) is 15.8. The molecule has 45 heavy (non-hydrogen) atoms. The van der Waals surface area contributed by atoms with Crippen molar-refractivity contribution in [3.05, 3.63) is 0 Å². The molecule has 5 amide bonds. The van der Waals surface area contributed by atoms with Gasteiger partial charge in [0.1, 0.15) is 24.2 Å². The number of cyclic esters (lactones) is 1. The minimum atomic E-state index is -1.05. The van der Waals surface area contributed by atoms with Gasteiger partial charge in [0.15, 0.2) is 0 Å². The fourth-order valence-corrected chi connectivity index (χ4v) is 5.40. The molecule has 1 saturated heterocycles. The lowest BCUT2D eigenvalue weighted by Gasteiger charge is -2.33. The molecular weight excluding hydrogens is 578 g/mol. The van der Waals surface area contributed by atoms with Gasteiger partial charge < -0.3 is 31.3 Å². The topological polar surface area (TPSA) is 172 Å². The second-order valence-electron chi connectivity index (χ2n) is 13.4. The molecule has 0 saturated carbocycles. The summed E-state index contributed by atoms with van der Waals surface area (Å²) < 4.78 is 5.90. The Morgan fingerprint density at radius 2 is 1.31 bits per heavy atom. The Labute approximate surface area is 269 Å². The van der Waals surface area contributed by atoms with Gasteiger partial charge in [0.2, 0.25) is 29.5 Å². The van der Waals surface area contributed by atoms with Crippen molar-refractivity contribution in [2.45, 2.75) is 131 Å². The Morgan fingerprint density at radius 3 is 1.89 bits per heavy atom. The minimum Gasteiger partial charge on any atom is -0.460 e. The van der Waals surface area contributed by atoms with E-state index in [-0.39, 0.29) is 30.2 Å². The van der Waals surface area contributed by atoms with Crippen LogP contribution in [0.25, 0.3) is 0 Å². The third-order valence-electron chi connectivity index (χ3n) is 8.52. The van der Waals surface area contributed by atoms with Crippen molar-refractivity contribution in [3.63, 3.8) is 0 Å². The number of carbonyl (C=O) groups excluding carboxylic acids is 6. The molecule has 1 heterocycles. The van der Waals surface area contributed by atoms with E-state index >= 15 is 0 Å². The first-order valence-electron chi connectivity index (χ1n) is 16.7. The van der Waals surface area contributed by atoms with Crippen LogP contribution in [0.5, 0.6) is 0 Å². The number of esters is 1. The van der Waals surface area contributed by atoms with Crippen LogP contribution in [0, 0.1) is 29.6 Å². The third kappa shape index (κ3) is 14.2. The average Bonchev–Trinajstić information content (AvgIpc) is 2.97. The van der Waals surface area contributed by atoms with Crippen molar-refractivity contribution in [1.29, 1.82) is 0 Å². The van der Waals surface area contributed by atoms with Crippen molar-refractivity contribution in [2.75, 3.05) is 13.1 Å². The minimum absolute atomic E-state index is 0.0367. The third-order valence-corrected chi connectivity index (χ3v) is 8.52. The summed E-state index contributed by atoms with van der Waals surface area (Å²) >= 11 is 0. The number of ether oxygens (including phenoxy) is 1. The summed E-state index contributed by atoms with van der Waals surface area (Å²) in [7, 11) is 0. The van der Waals surface area contributed by atoms with E-state index in [2.05, 4.69) is 40.4 Å². The van der Waals surface area contributed by atoms with Gasteiger partial charge in [-0.15, -0.1) is 0 Å². The van der Waals surface area contributed by atoms with Crippen LogP contribution in [0.3, 0.4) is 0 Å². The number of nitrogens with one attached hydrogen (secondary N) is 5. The summed E-state index contributed by atoms with van der Waals surface area (Å²) in [6.07, 6.45) is 6.00. The van der Waals surface area contributed by atoms with Crippen LogP contribution in [-0.4, -0.2) is 72.8 Å². The Kier molecular flexibility index (Phi) is 17.8. The maximum Gasteiger partial charge on any atom is 0.328 e. The number of rotatable bonds is 11.